The van der Waals surface area contributed by atoms with Gasteiger partial charge in [-0.1, -0.05) is 53.2 Å². The summed E-state index contributed by atoms with van der Waals surface area (Å²) in [7, 11) is 3.92. The number of nitrogens with two attached hydrogens (primary N) is 1. The van der Waals surface area contributed by atoms with Gasteiger partial charge in [0.1, 0.15) is 5.82 Å². The van der Waals surface area contributed by atoms with Crippen molar-refractivity contribution in [3.05, 3.63) is 97.6 Å². The Morgan fingerprint density at radius 3 is 2.46 bits per heavy atom. The van der Waals surface area contributed by atoms with E-state index >= 15 is 0 Å². The number of benzene rings is 2. The molecule has 0 radical (unpaired) electrons. The minimum Gasteiger partial charge on any atom is -0.391 e. The number of fused-ring (bicyclic) bond motifs is 1. The largest absolute Gasteiger partial charge is 0.391 e. The molecule has 1 amide bonds. The lowest BCUT2D eigenvalue weighted by molar-refractivity contribution is 0.0641. The molecule has 9 heteroatoms. The van der Waals surface area contributed by atoms with Crippen LogP contribution in [0.2, 0.25) is 0 Å². The van der Waals surface area contributed by atoms with Crippen LogP contribution in [0.25, 0.3) is 0 Å². The molecule has 0 aliphatic heterocycles. The van der Waals surface area contributed by atoms with Crippen molar-refractivity contribution in [2.45, 2.75) is 44.5 Å². The van der Waals surface area contributed by atoms with E-state index in [-0.39, 0.29) is 17.9 Å². The van der Waals surface area contributed by atoms with Gasteiger partial charge >= 0.3 is 0 Å². The summed E-state index contributed by atoms with van der Waals surface area (Å²) in [6, 6.07) is 15.8. The fourth-order valence-electron chi connectivity index (χ4n) is 4.79. The SMILES string of the molecule is CCC(c1nc2c(c(=O)n1Cc1ccccc1)CC(O)C2N)N(CCN(C)C)C(=O)c1ccc(Br)cc1. The van der Waals surface area contributed by atoms with E-state index in [0.717, 1.165) is 10.0 Å². The molecule has 0 fully saturated rings. The Balaban J connectivity index is 1.86. The summed E-state index contributed by atoms with van der Waals surface area (Å²) in [5, 5.41) is 10.4. The van der Waals surface area contributed by atoms with Gasteiger partial charge in [0.2, 0.25) is 0 Å². The van der Waals surface area contributed by atoms with Crippen LogP contribution in [0.5, 0.6) is 0 Å². The maximum atomic E-state index is 13.9. The molecule has 3 unspecified atom stereocenters. The summed E-state index contributed by atoms with van der Waals surface area (Å²) < 4.78 is 2.55. The zero-order chi connectivity index (χ0) is 26.7. The van der Waals surface area contributed by atoms with E-state index < -0.39 is 18.2 Å². The first-order valence-electron chi connectivity index (χ1n) is 12.5. The second kappa shape index (κ2) is 11.7. The number of hydrogen-bond donors (Lipinski definition) is 2. The molecule has 196 valence electrons. The first-order valence-corrected chi connectivity index (χ1v) is 13.3. The second-order valence-electron chi connectivity index (χ2n) is 9.74. The smallest absolute Gasteiger partial charge is 0.257 e. The fraction of sp³-hybridized carbons (Fsp3) is 0.393. The normalized spacial score (nSPS) is 17.6. The minimum absolute atomic E-state index is 0.133. The number of aromatic nitrogens is 2. The predicted octanol–water partition coefficient (Wildman–Crippen LogP) is 3.13. The van der Waals surface area contributed by atoms with Gasteiger partial charge in [0.05, 0.1) is 30.4 Å². The Hall–Kier alpha value is -2.85. The molecule has 0 saturated heterocycles. The summed E-state index contributed by atoms with van der Waals surface area (Å²) in [6.07, 6.45) is -0.130. The molecule has 1 aliphatic rings. The van der Waals surface area contributed by atoms with E-state index in [2.05, 4.69) is 15.9 Å². The monoisotopic (exact) mass is 567 g/mol. The van der Waals surface area contributed by atoms with E-state index in [9.17, 15) is 14.7 Å². The van der Waals surface area contributed by atoms with Crippen LogP contribution in [0.4, 0.5) is 0 Å². The standard InChI is InChI=1S/C28H34BrN5O3/c1-4-22(33(15-14-32(2)3)27(36)19-10-12-20(29)13-11-19)26-31-25-21(16-23(35)24(25)30)28(37)34(26)17-18-8-6-5-7-9-18/h5-13,22-24,35H,4,14-17,30H2,1-3H3. The van der Waals surface area contributed by atoms with Gasteiger partial charge in [0, 0.05) is 35.1 Å². The molecule has 8 nitrogen and oxygen atoms in total. The van der Waals surface area contributed by atoms with Crippen LogP contribution in [-0.2, 0) is 13.0 Å². The van der Waals surface area contributed by atoms with Gasteiger partial charge in [-0.05, 0) is 50.3 Å². The number of hydrogen-bond acceptors (Lipinski definition) is 6. The highest BCUT2D eigenvalue weighted by Gasteiger charge is 2.36. The van der Waals surface area contributed by atoms with Crippen LogP contribution < -0.4 is 11.3 Å². The van der Waals surface area contributed by atoms with Gasteiger partial charge in [0.15, 0.2) is 0 Å². The van der Waals surface area contributed by atoms with Crippen LogP contribution in [0.15, 0.2) is 63.9 Å². The maximum absolute atomic E-state index is 13.9. The van der Waals surface area contributed by atoms with E-state index in [1.807, 2.05) is 68.4 Å². The van der Waals surface area contributed by atoms with Crippen molar-refractivity contribution in [1.29, 1.82) is 0 Å². The molecule has 2 aromatic carbocycles. The van der Waals surface area contributed by atoms with Gasteiger partial charge in [0.25, 0.3) is 11.5 Å². The molecule has 1 aliphatic carbocycles. The summed E-state index contributed by atoms with van der Waals surface area (Å²) in [4.78, 5) is 36.4. The number of halogens is 1. The molecule has 0 saturated carbocycles. The molecule has 4 rings (SSSR count). The van der Waals surface area contributed by atoms with Crippen molar-refractivity contribution < 1.29 is 9.90 Å². The molecule has 3 aromatic rings. The quantitative estimate of drug-likeness (QED) is 0.411. The lowest BCUT2D eigenvalue weighted by atomic mass is 10.1. The van der Waals surface area contributed by atoms with Crippen LogP contribution in [0.3, 0.4) is 0 Å². The number of likely N-dealkylation sites (N-methyl/N-ethyl adjacent to an activating group) is 1. The van der Waals surface area contributed by atoms with Crippen molar-refractivity contribution in [3.63, 3.8) is 0 Å². The van der Waals surface area contributed by atoms with Crippen LogP contribution >= 0.6 is 15.9 Å². The van der Waals surface area contributed by atoms with Crippen LogP contribution in [0.1, 0.15) is 58.4 Å². The third-order valence-corrected chi connectivity index (χ3v) is 7.38. The summed E-state index contributed by atoms with van der Waals surface area (Å²) >= 11 is 3.44. The topological polar surface area (TPSA) is 105 Å². The lowest BCUT2D eigenvalue weighted by Gasteiger charge is -2.33. The molecule has 3 atom stereocenters. The Labute approximate surface area is 225 Å². The maximum Gasteiger partial charge on any atom is 0.257 e. The van der Waals surface area contributed by atoms with Crippen molar-refractivity contribution in [3.8, 4) is 0 Å². The van der Waals surface area contributed by atoms with Crippen molar-refractivity contribution in [2.75, 3.05) is 27.2 Å². The Kier molecular flexibility index (Phi) is 8.59. The number of rotatable bonds is 9. The molecule has 1 aromatic heterocycles. The predicted molar refractivity (Wildman–Crippen MR) is 147 cm³/mol. The van der Waals surface area contributed by atoms with Crippen LogP contribution in [-0.4, -0.2) is 63.7 Å². The van der Waals surface area contributed by atoms with E-state index in [1.165, 1.54) is 0 Å². The second-order valence-corrected chi connectivity index (χ2v) is 10.7. The number of carbonyl (C=O) groups is 1. The third kappa shape index (κ3) is 5.85. The first-order chi connectivity index (χ1) is 17.7. The van der Waals surface area contributed by atoms with Gasteiger partial charge in [-0.15, -0.1) is 0 Å². The van der Waals surface area contributed by atoms with Gasteiger partial charge < -0.3 is 20.6 Å². The Morgan fingerprint density at radius 1 is 1.16 bits per heavy atom. The average Bonchev–Trinajstić information content (AvgIpc) is 3.17. The van der Waals surface area contributed by atoms with Gasteiger partial charge in [-0.2, -0.15) is 0 Å². The summed E-state index contributed by atoms with van der Waals surface area (Å²) in [6.45, 7) is 3.40. The minimum atomic E-state index is -0.857. The lowest BCUT2D eigenvalue weighted by Crippen LogP contribution is -2.42. The summed E-state index contributed by atoms with van der Waals surface area (Å²) in [5.74, 6) is 0.357. The highest BCUT2D eigenvalue weighted by molar-refractivity contribution is 9.10. The number of nitrogens with zero attached hydrogens (tertiary/aromatic N) is 4. The number of amides is 1. The van der Waals surface area contributed by atoms with E-state index in [0.29, 0.717) is 48.7 Å². The molecule has 0 bridgehead atoms. The van der Waals surface area contributed by atoms with E-state index in [4.69, 9.17) is 10.7 Å². The number of aliphatic hydroxyl groups is 1. The molecule has 37 heavy (non-hydrogen) atoms. The zero-order valence-corrected chi connectivity index (χ0v) is 23.1. The Bertz CT molecular complexity index is 1290. The van der Waals surface area contributed by atoms with Crippen molar-refractivity contribution in [2.24, 2.45) is 5.73 Å². The zero-order valence-electron chi connectivity index (χ0n) is 21.5. The fourth-order valence-corrected chi connectivity index (χ4v) is 5.06. The highest BCUT2D eigenvalue weighted by Crippen LogP contribution is 2.31. The molecule has 0 spiro atoms. The highest BCUT2D eigenvalue weighted by atomic mass is 79.9. The van der Waals surface area contributed by atoms with Crippen LogP contribution in [0, 0.1) is 0 Å². The Morgan fingerprint density at radius 2 is 1.84 bits per heavy atom. The molecule has 1 heterocycles. The van der Waals surface area contributed by atoms with Crippen molar-refractivity contribution >= 4 is 21.8 Å². The summed E-state index contributed by atoms with van der Waals surface area (Å²) in [5.41, 5.74) is 8.44. The third-order valence-electron chi connectivity index (χ3n) is 6.85. The van der Waals surface area contributed by atoms with E-state index in [1.54, 1.807) is 21.6 Å². The number of aliphatic hydroxyl groups excluding tert-OH is 1. The first kappa shape index (κ1) is 27.2. The molecular formula is C28H34BrN5O3. The molecular weight excluding hydrogens is 534 g/mol. The van der Waals surface area contributed by atoms with Crippen molar-refractivity contribution in [1.82, 2.24) is 19.4 Å². The van der Waals surface area contributed by atoms with Gasteiger partial charge in [-0.3, -0.25) is 14.2 Å². The number of carbonyl (C=O) groups excluding carboxylic acids is 1. The average molecular weight is 569 g/mol. The molecule has 3 N–H and O–H groups in total. The van der Waals surface area contributed by atoms with Gasteiger partial charge in [-0.25, -0.2) is 4.98 Å².